The van der Waals surface area contributed by atoms with Crippen LogP contribution in [0, 0.1) is 0 Å². The zero-order chi connectivity index (χ0) is 14.0. The Bertz CT molecular complexity index is 638. The number of hydrogen-bond donors (Lipinski definition) is 3. The van der Waals surface area contributed by atoms with Crippen LogP contribution in [-0.2, 0) is 4.79 Å². The molecule has 7 heteroatoms. The summed E-state index contributed by atoms with van der Waals surface area (Å²) in [4.78, 5) is 29.0. The SMILES string of the molecule is CCC(Sc1nc2ccc(C(=O)O)cc2[nH]1)C(=O)O. The van der Waals surface area contributed by atoms with E-state index in [1.54, 1.807) is 13.0 Å². The second-order valence-electron chi connectivity index (χ2n) is 3.93. The number of imidazole rings is 1. The van der Waals surface area contributed by atoms with Crippen LogP contribution in [0.5, 0.6) is 0 Å². The molecule has 0 aliphatic carbocycles. The smallest absolute Gasteiger partial charge is 0.335 e. The number of carbonyl (C=O) groups is 2. The molecule has 0 fully saturated rings. The summed E-state index contributed by atoms with van der Waals surface area (Å²) in [5.74, 6) is -1.90. The van der Waals surface area contributed by atoms with Gasteiger partial charge >= 0.3 is 11.9 Å². The number of carboxylic acid groups (broad SMARTS) is 2. The lowest BCUT2D eigenvalue weighted by Crippen LogP contribution is -2.14. The highest BCUT2D eigenvalue weighted by Gasteiger charge is 2.18. The van der Waals surface area contributed by atoms with Crippen molar-refractivity contribution < 1.29 is 19.8 Å². The van der Waals surface area contributed by atoms with Crippen LogP contribution < -0.4 is 0 Å². The Morgan fingerprint density at radius 3 is 2.74 bits per heavy atom. The maximum absolute atomic E-state index is 11.0. The van der Waals surface area contributed by atoms with E-state index in [0.29, 0.717) is 22.6 Å². The molecule has 0 saturated carbocycles. The quantitative estimate of drug-likeness (QED) is 0.725. The number of benzene rings is 1. The van der Waals surface area contributed by atoms with E-state index in [-0.39, 0.29) is 5.56 Å². The predicted octanol–water partition coefficient (Wildman–Crippen LogP) is 2.22. The Balaban J connectivity index is 2.31. The van der Waals surface area contributed by atoms with Crippen LogP contribution in [0.2, 0.25) is 0 Å². The van der Waals surface area contributed by atoms with Crippen LogP contribution in [0.3, 0.4) is 0 Å². The molecule has 0 amide bonds. The van der Waals surface area contributed by atoms with Crippen LogP contribution in [0.1, 0.15) is 23.7 Å². The number of aromatic amines is 1. The summed E-state index contributed by atoms with van der Waals surface area (Å²) < 4.78 is 0. The standard InChI is InChI=1S/C12H12N2O4S/c1-2-9(11(17)18)19-12-13-7-4-3-6(10(15)16)5-8(7)14-12/h3-5,9H,2H2,1H3,(H,13,14)(H,15,16)(H,17,18). The highest BCUT2D eigenvalue weighted by molar-refractivity contribution is 8.00. The summed E-state index contributed by atoms with van der Waals surface area (Å²) in [6.45, 7) is 1.79. The third-order valence-electron chi connectivity index (χ3n) is 2.61. The van der Waals surface area contributed by atoms with E-state index in [2.05, 4.69) is 9.97 Å². The second-order valence-corrected chi connectivity index (χ2v) is 5.12. The molecule has 100 valence electrons. The molecule has 1 aromatic carbocycles. The zero-order valence-electron chi connectivity index (χ0n) is 10.1. The first-order valence-corrected chi connectivity index (χ1v) is 6.51. The average Bonchev–Trinajstić information content (AvgIpc) is 2.76. The molecule has 0 spiro atoms. The minimum Gasteiger partial charge on any atom is -0.480 e. The molecule has 1 aromatic heterocycles. The molecule has 0 aliphatic rings. The van der Waals surface area contributed by atoms with Gasteiger partial charge in [0.15, 0.2) is 5.16 Å². The molecule has 0 bridgehead atoms. The lowest BCUT2D eigenvalue weighted by molar-refractivity contribution is -0.136. The van der Waals surface area contributed by atoms with E-state index < -0.39 is 17.2 Å². The van der Waals surface area contributed by atoms with Crippen LogP contribution in [0.25, 0.3) is 11.0 Å². The number of aromatic carboxylic acids is 1. The van der Waals surface area contributed by atoms with Gasteiger partial charge < -0.3 is 15.2 Å². The Morgan fingerprint density at radius 1 is 1.42 bits per heavy atom. The molecule has 6 nitrogen and oxygen atoms in total. The Morgan fingerprint density at radius 2 is 2.16 bits per heavy atom. The fourth-order valence-corrected chi connectivity index (χ4v) is 2.48. The molecule has 2 aromatic rings. The van der Waals surface area contributed by atoms with E-state index in [0.717, 1.165) is 11.8 Å². The number of thioether (sulfide) groups is 1. The van der Waals surface area contributed by atoms with Gasteiger partial charge in [0.25, 0.3) is 0 Å². The highest BCUT2D eigenvalue weighted by atomic mass is 32.2. The number of rotatable bonds is 5. The Hall–Kier alpha value is -2.02. The van der Waals surface area contributed by atoms with Crippen molar-refractivity contribution in [1.82, 2.24) is 9.97 Å². The maximum atomic E-state index is 11.0. The fraction of sp³-hybridized carbons (Fsp3) is 0.250. The molecule has 3 N–H and O–H groups in total. The van der Waals surface area contributed by atoms with Gasteiger partial charge in [0, 0.05) is 0 Å². The fourth-order valence-electron chi connectivity index (χ4n) is 1.62. The summed E-state index contributed by atoms with van der Waals surface area (Å²) >= 11 is 1.12. The second kappa shape index (κ2) is 5.31. The molecule has 1 atom stereocenters. The van der Waals surface area contributed by atoms with Crippen LogP contribution in [-0.4, -0.2) is 37.4 Å². The molecule has 2 rings (SSSR count). The number of H-pyrrole nitrogens is 1. The van der Waals surface area contributed by atoms with Gasteiger partial charge in [0.05, 0.1) is 16.6 Å². The van der Waals surface area contributed by atoms with Gasteiger partial charge in [-0.05, 0) is 24.6 Å². The van der Waals surface area contributed by atoms with Crippen molar-refractivity contribution in [2.75, 3.05) is 0 Å². The number of fused-ring (bicyclic) bond motifs is 1. The number of nitrogens with zero attached hydrogens (tertiary/aromatic N) is 1. The molecular formula is C12H12N2O4S. The largest absolute Gasteiger partial charge is 0.480 e. The molecule has 1 unspecified atom stereocenters. The first-order valence-electron chi connectivity index (χ1n) is 5.63. The molecule has 0 aliphatic heterocycles. The van der Waals surface area contributed by atoms with Crippen molar-refractivity contribution >= 4 is 34.7 Å². The minimum absolute atomic E-state index is 0.165. The Kier molecular flexibility index (Phi) is 3.75. The van der Waals surface area contributed by atoms with E-state index >= 15 is 0 Å². The van der Waals surface area contributed by atoms with Crippen molar-refractivity contribution in [2.24, 2.45) is 0 Å². The van der Waals surface area contributed by atoms with E-state index in [1.807, 2.05) is 0 Å². The average molecular weight is 280 g/mol. The van der Waals surface area contributed by atoms with Crippen molar-refractivity contribution in [1.29, 1.82) is 0 Å². The van der Waals surface area contributed by atoms with Crippen molar-refractivity contribution in [3.8, 4) is 0 Å². The van der Waals surface area contributed by atoms with E-state index in [4.69, 9.17) is 10.2 Å². The first-order chi connectivity index (χ1) is 9.01. The predicted molar refractivity (Wildman–Crippen MR) is 70.6 cm³/mol. The van der Waals surface area contributed by atoms with Crippen LogP contribution >= 0.6 is 11.8 Å². The lowest BCUT2D eigenvalue weighted by atomic mass is 10.2. The van der Waals surface area contributed by atoms with Gasteiger partial charge in [-0.2, -0.15) is 0 Å². The monoisotopic (exact) mass is 280 g/mol. The van der Waals surface area contributed by atoms with Crippen LogP contribution in [0.4, 0.5) is 0 Å². The van der Waals surface area contributed by atoms with Gasteiger partial charge in [0.1, 0.15) is 5.25 Å². The lowest BCUT2D eigenvalue weighted by Gasteiger charge is -2.05. The molecule has 19 heavy (non-hydrogen) atoms. The first kappa shape index (κ1) is 13.4. The summed E-state index contributed by atoms with van der Waals surface area (Å²) in [6, 6.07) is 4.55. The number of aliphatic carboxylic acids is 1. The molecule has 0 saturated heterocycles. The third kappa shape index (κ3) is 2.87. The molecule has 1 heterocycles. The number of carboxylic acids is 2. The third-order valence-corrected chi connectivity index (χ3v) is 3.84. The molecular weight excluding hydrogens is 268 g/mol. The summed E-state index contributed by atoms with van der Waals surface area (Å²) in [6.07, 6.45) is 0.484. The Labute approximate surface area is 112 Å². The maximum Gasteiger partial charge on any atom is 0.335 e. The summed E-state index contributed by atoms with van der Waals surface area (Å²) in [5, 5.41) is 17.8. The highest BCUT2D eigenvalue weighted by Crippen LogP contribution is 2.25. The van der Waals surface area contributed by atoms with Crippen molar-refractivity contribution in [3.63, 3.8) is 0 Å². The topological polar surface area (TPSA) is 103 Å². The number of aromatic nitrogens is 2. The van der Waals surface area contributed by atoms with Gasteiger partial charge in [-0.15, -0.1) is 0 Å². The van der Waals surface area contributed by atoms with Gasteiger partial charge in [-0.1, -0.05) is 18.7 Å². The minimum atomic E-state index is -1.01. The van der Waals surface area contributed by atoms with Crippen molar-refractivity contribution in [3.05, 3.63) is 23.8 Å². The van der Waals surface area contributed by atoms with E-state index in [9.17, 15) is 9.59 Å². The van der Waals surface area contributed by atoms with Gasteiger partial charge in [0.2, 0.25) is 0 Å². The van der Waals surface area contributed by atoms with Gasteiger partial charge in [-0.3, -0.25) is 4.79 Å². The number of hydrogen-bond acceptors (Lipinski definition) is 4. The summed E-state index contributed by atoms with van der Waals surface area (Å²) in [5.41, 5.74) is 1.37. The normalized spacial score (nSPS) is 12.5. The zero-order valence-corrected chi connectivity index (χ0v) is 10.9. The number of nitrogens with one attached hydrogen (secondary N) is 1. The van der Waals surface area contributed by atoms with Gasteiger partial charge in [-0.25, -0.2) is 9.78 Å². The summed E-state index contributed by atoms with van der Waals surface area (Å²) in [7, 11) is 0. The molecule has 0 radical (unpaired) electrons. The van der Waals surface area contributed by atoms with Crippen LogP contribution in [0.15, 0.2) is 23.4 Å². The van der Waals surface area contributed by atoms with E-state index in [1.165, 1.54) is 12.1 Å². The van der Waals surface area contributed by atoms with Crippen molar-refractivity contribution in [2.45, 2.75) is 23.8 Å².